The molecule has 1 aliphatic rings. The Morgan fingerprint density at radius 2 is 1.52 bits per heavy atom. The Morgan fingerprint density at radius 3 is 2.25 bits per heavy atom. The number of carbonyl (C=O) groups is 3. The fourth-order valence-corrected chi connectivity index (χ4v) is 4.33. The Hall–Kier alpha value is -5.08. The standard InChI is InChI=1S/C31H24ClN3O5/c1-19-11-16-26(39-2)25(17-19)35-30(37)27(32)28(31(35)38)33-22-8-6-7-20(18-22)29(36)34-21-12-14-24(15-13-21)40-23-9-4-3-5-10-23/h3-18,33H,1-2H3,(H,34,36). The summed E-state index contributed by atoms with van der Waals surface area (Å²) in [6.45, 7) is 1.84. The summed E-state index contributed by atoms with van der Waals surface area (Å²) in [5.41, 5.74) is 2.36. The second kappa shape index (κ2) is 11.3. The van der Waals surface area contributed by atoms with Crippen LogP contribution < -0.4 is 25.0 Å². The molecule has 4 aromatic rings. The zero-order valence-corrected chi connectivity index (χ0v) is 22.4. The van der Waals surface area contributed by atoms with Gasteiger partial charge < -0.3 is 20.1 Å². The van der Waals surface area contributed by atoms with Crippen LogP contribution in [0.4, 0.5) is 17.1 Å². The smallest absolute Gasteiger partial charge is 0.283 e. The molecule has 0 saturated carbocycles. The number of benzene rings is 4. The monoisotopic (exact) mass is 553 g/mol. The fraction of sp³-hybridized carbons (Fsp3) is 0.0645. The lowest BCUT2D eigenvalue weighted by atomic mass is 10.1. The normalized spacial score (nSPS) is 12.9. The first-order valence-electron chi connectivity index (χ1n) is 12.3. The number of anilines is 3. The second-order valence-electron chi connectivity index (χ2n) is 8.91. The summed E-state index contributed by atoms with van der Waals surface area (Å²) in [5.74, 6) is 0.0334. The highest BCUT2D eigenvalue weighted by Crippen LogP contribution is 2.36. The molecule has 0 aromatic heterocycles. The third-order valence-electron chi connectivity index (χ3n) is 6.09. The van der Waals surface area contributed by atoms with Gasteiger partial charge in [-0.1, -0.05) is 41.9 Å². The summed E-state index contributed by atoms with van der Waals surface area (Å²) < 4.78 is 11.1. The van der Waals surface area contributed by atoms with E-state index in [2.05, 4.69) is 10.6 Å². The number of nitrogens with zero attached hydrogens (tertiary/aromatic N) is 1. The van der Waals surface area contributed by atoms with Crippen molar-refractivity contribution in [3.8, 4) is 17.2 Å². The van der Waals surface area contributed by atoms with Crippen molar-refractivity contribution in [3.05, 3.63) is 119 Å². The van der Waals surface area contributed by atoms with Crippen molar-refractivity contribution < 1.29 is 23.9 Å². The Balaban J connectivity index is 1.29. The molecule has 2 N–H and O–H groups in total. The van der Waals surface area contributed by atoms with E-state index >= 15 is 0 Å². The molecule has 1 heterocycles. The molecule has 0 radical (unpaired) electrons. The van der Waals surface area contributed by atoms with Crippen LogP contribution in [0.1, 0.15) is 15.9 Å². The van der Waals surface area contributed by atoms with Crippen LogP contribution in [0.5, 0.6) is 17.2 Å². The van der Waals surface area contributed by atoms with Crippen LogP contribution in [0.15, 0.2) is 108 Å². The van der Waals surface area contributed by atoms with Gasteiger partial charge in [-0.2, -0.15) is 0 Å². The van der Waals surface area contributed by atoms with Crippen LogP contribution in [0.25, 0.3) is 0 Å². The summed E-state index contributed by atoms with van der Waals surface area (Å²) in [6, 6.07) is 28.0. The fourth-order valence-electron chi connectivity index (χ4n) is 4.12. The van der Waals surface area contributed by atoms with Crippen molar-refractivity contribution in [3.63, 3.8) is 0 Å². The van der Waals surface area contributed by atoms with E-state index in [4.69, 9.17) is 21.1 Å². The summed E-state index contributed by atoms with van der Waals surface area (Å²) in [4.78, 5) is 40.1. The van der Waals surface area contributed by atoms with Crippen molar-refractivity contribution in [2.75, 3.05) is 22.6 Å². The summed E-state index contributed by atoms with van der Waals surface area (Å²) >= 11 is 6.30. The van der Waals surface area contributed by atoms with E-state index in [0.717, 1.165) is 10.5 Å². The van der Waals surface area contributed by atoms with Crippen LogP contribution in [0.2, 0.25) is 0 Å². The number of nitrogens with one attached hydrogen (secondary N) is 2. The quantitative estimate of drug-likeness (QED) is 0.242. The van der Waals surface area contributed by atoms with Crippen molar-refractivity contribution >= 4 is 46.4 Å². The number of hydrogen-bond donors (Lipinski definition) is 2. The minimum absolute atomic E-state index is 0.0956. The predicted molar refractivity (Wildman–Crippen MR) is 154 cm³/mol. The predicted octanol–water partition coefficient (Wildman–Crippen LogP) is 6.48. The molecule has 4 aromatic carbocycles. The van der Waals surface area contributed by atoms with Gasteiger partial charge in [-0.25, -0.2) is 4.90 Å². The molecule has 1 aliphatic heterocycles. The molecule has 0 atom stereocenters. The molecule has 8 nitrogen and oxygen atoms in total. The van der Waals surface area contributed by atoms with Gasteiger partial charge in [0, 0.05) is 16.9 Å². The lowest BCUT2D eigenvalue weighted by Crippen LogP contribution is -2.32. The number of imide groups is 1. The van der Waals surface area contributed by atoms with Crippen LogP contribution in [0.3, 0.4) is 0 Å². The lowest BCUT2D eigenvalue weighted by molar-refractivity contribution is -0.120. The maximum Gasteiger partial charge on any atom is 0.283 e. The van der Waals surface area contributed by atoms with Crippen molar-refractivity contribution in [2.24, 2.45) is 0 Å². The van der Waals surface area contributed by atoms with Gasteiger partial charge in [-0.15, -0.1) is 0 Å². The van der Waals surface area contributed by atoms with Gasteiger partial charge in [-0.05, 0) is 79.2 Å². The number of halogens is 1. The van der Waals surface area contributed by atoms with E-state index in [1.807, 2.05) is 43.3 Å². The van der Waals surface area contributed by atoms with Crippen LogP contribution in [0, 0.1) is 6.92 Å². The van der Waals surface area contributed by atoms with Crippen molar-refractivity contribution in [1.82, 2.24) is 0 Å². The maximum absolute atomic E-state index is 13.3. The molecule has 0 aliphatic carbocycles. The van der Waals surface area contributed by atoms with Crippen molar-refractivity contribution in [1.29, 1.82) is 0 Å². The van der Waals surface area contributed by atoms with Gasteiger partial charge in [0.05, 0.1) is 12.8 Å². The van der Waals surface area contributed by atoms with Gasteiger partial charge in [0.25, 0.3) is 17.7 Å². The minimum atomic E-state index is -0.674. The second-order valence-corrected chi connectivity index (χ2v) is 9.29. The van der Waals surface area contributed by atoms with Crippen LogP contribution >= 0.6 is 11.6 Å². The van der Waals surface area contributed by atoms with E-state index in [-0.39, 0.29) is 16.6 Å². The molecule has 0 fully saturated rings. The Kier molecular flexibility index (Phi) is 7.52. The third kappa shape index (κ3) is 5.52. The number of carbonyl (C=O) groups excluding carboxylic acids is 3. The topological polar surface area (TPSA) is 97.0 Å². The zero-order valence-electron chi connectivity index (χ0n) is 21.6. The molecule has 40 heavy (non-hydrogen) atoms. The Bertz CT molecular complexity index is 1630. The average molecular weight is 554 g/mol. The zero-order chi connectivity index (χ0) is 28.2. The maximum atomic E-state index is 13.3. The molecule has 0 spiro atoms. The van der Waals surface area contributed by atoms with E-state index in [0.29, 0.717) is 39.9 Å². The molecule has 5 rings (SSSR count). The molecule has 3 amide bonds. The number of rotatable bonds is 8. The van der Waals surface area contributed by atoms with Gasteiger partial charge in [0.1, 0.15) is 28.0 Å². The van der Waals surface area contributed by atoms with Crippen LogP contribution in [-0.4, -0.2) is 24.8 Å². The molecule has 0 bridgehead atoms. The van der Waals surface area contributed by atoms with Gasteiger partial charge in [0.2, 0.25) is 0 Å². The summed E-state index contributed by atoms with van der Waals surface area (Å²) in [5, 5.41) is 5.49. The number of aryl methyl sites for hydroxylation is 1. The minimum Gasteiger partial charge on any atom is -0.495 e. The number of hydrogen-bond acceptors (Lipinski definition) is 6. The highest BCUT2D eigenvalue weighted by atomic mass is 35.5. The number of amides is 3. The Morgan fingerprint density at radius 1 is 0.800 bits per heavy atom. The van der Waals surface area contributed by atoms with E-state index in [1.165, 1.54) is 7.11 Å². The van der Waals surface area contributed by atoms with Gasteiger partial charge >= 0.3 is 0 Å². The number of para-hydroxylation sites is 1. The summed E-state index contributed by atoms with van der Waals surface area (Å²) in [6.07, 6.45) is 0. The van der Waals surface area contributed by atoms with Gasteiger partial charge in [-0.3, -0.25) is 14.4 Å². The number of ether oxygens (including phenoxy) is 2. The Labute approximate surface area is 235 Å². The first-order valence-corrected chi connectivity index (χ1v) is 12.7. The van der Waals surface area contributed by atoms with Crippen LogP contribution in [-0.2, 0) is 9.59 Å². The first-order chi connectivity index (χ1) is 19.3. The summed E-state index contributed by atoms with van der Waals surface area (Å²) in [7, 11) is 1.46. The highest BCUT2D eigenvalue weighted by Gasteiger charge is 2.40. The highest BCUT2D eigenvalue weighted by molar-refractivity contribution is 6.53. The largest absolute Gasteiger partial charge is 0.495 e. The lowest BCUT2D eigenvalue weighted by Gasteiger charge is -2.18. The third-order valence-corrected chi connectivity index (χ3v) is 6.44. The van der Waals surface area contributed by atoms with Crippen molar-refractivity contribution in [2.45, 2.75) is 6.92 Å². The molecule has 9 heteroatoms. The van der Waals surface area contributed by atoms with E-state index < -0.39 is 11.8 Å². The first kappa shape index (κ1) is 26.5. The molecule has 200 valence electrons. The van der Waals surface area contributed by atoms with E-state index in [1.54, 1.807) is 60.7 Å². The number of methoxy groups -OCH3 is 1. The SMILES string of the molecule is COc1ccc(C)cc1N1C(=O)C(Cl)=C(Nc2cccc(C(=O)Nc3ccc(Oc4ccccc4)cc3)c2)C1=O. The van der Waals surface area contributed by atoms with E-state index in [9.17, 15) is 14.4 Å². The molecule has 0 saturated heterocycles. The average Bonchev–Trinajstić information content (AvgIpc) is 3.17. The molecule has 0 unspecified atom stereocenters. The molecular formula is C31H24ClN3O5. The molecular weight excluding hydrogens is 530 g/mol. The van der Waals surface area contributed by atoms with Gasteiger partial charge in [0.15, 0.2) is 0 Å².